The Morgan fingerprint density at radius 3 is 2.44 bits per heavy atom. The van der Waals surface area contributed by atoms with Crippen LogP contribution in [0.5, 0.6) is 0 Å². The second kappa shape index (κ2) is 4.89. The number of rotatable bonds is 4. The molecule has 2 aromatic heterocycles. The van der Waals surface area contributed by atoms with Gasteiger partial charge in [-0.25, -0.2) is 4.68 Å². The van der Waals surface area contributed by atoms with Crippen molar-refractivity contribution in [2.45, 2.75) is 26.9 Å². The van der Waals surface area contributed by atoms with Gasteiger partial charge in [-0.1, -0.05) is 0 Å². The van der Waals surface area contributed by atoms with E-state index in [1.165, 1.54) is 4.68 Å². The lowest BCUT2D eigenvalue weighted by molar-refractivity contribution is 0.489. The highest BCUT2D eigenvalue weighted by Gasteiger charge is 2.12. The SMILES string of the molecule is Cc1nn(C)c(F)c1CNCc1cnn(C)c1C. The fourth-order valence-corrected chi connectivity index (χ4v) is 1.91. The van der Waals surface area contributed by atoms with Gasteiger partial charge in [-0.15, -0.1) is 0 Å². The minimum atomic E-state index is -0.275. The standard InChI is InChI=1S/C12H18FN5/c1-8-11(12(13)18(4)16-8)7-14-5-10-6-15-17(3)9(10)2/h6,14H,5,7H2,1-4H3. The van der Waals surface area contributed by atoms with E-state index in [4.69, 9.17) is 0 Å². The molecule has 0 fully saturated rings. The first kappa shape index (κ1) is 12.8. The molecular formula is C12H18FN5. The largest absolute Gasteiger partial charge is 0.308 e. The summed E-state index contributed by atoms with van der Waals surface area (Å²) >= 11 is 0. The van der Waals surface area contributed by atoms with E-state index in [1.54, 1.807) is 7.05 Å². The number of aryl methyl sites for hydroxylation is 3. The van der Waals surface area contributed by atoms with Gasteiger partial charge < -0.3 is 5.32 Å². The molecule has 2 heterocycles. The Balaban J connectivity index is 1.98. The van der Waals surface area contributed by atoms with Gasteiger partial charge >= 0.3 is 0 Å². The third-order valence-corrected chi connectivity index (χ3v) is 3.22. The van der Waals surface area contributed by atoms with Crippen LogP contribution in [0.3, 0.4) is 0 Å². The molecule has 0 saturated carbocycles. The number of hydrogen-bond donors (Lipinski definition) is 1. The topological polar surface area (TPSA) is 47.7 Å². The van der Waals surface area contributed by atoms with Crippen molar-refractivity contribution < 1.29 is 4.39 Å². The highest BCUT2D eigenvalue weighted by molar-refractivity contribution is 5.18. The van der Waals surface area contributed by atoms with Crippen molar-refractivity contribution >= 4 is 0 Å². The molecule has 98 valence electrons. The third-order valence-electron chi connectivity index (χ3n) is 3.22. The van der Waals surface area contributed by atoms with Crippen LogP contribution >= 0.6 is 0 Å². The molecule has 1 N–H and O–H groups in total. The zero-order valence-corrected chi connectivity index (χ0v) is 11.2. The van der Waals surface area contributed by atoms with Crippen molar-refractivity contribution in [1.29, 1.82) is 0 Å². The molecule has 5 nitrogen and oxygen atoms in total. The molecule has 0 saturated heterocycles. The summed E-state index contributed by atoms with van der Waals surface area (Å²) < 4.78 is 16.8. The van der Waals surface area contributed by atoms with Crippen LogP contribution in [0.25, 0.3) is 0 Å². The maximum absolute atomic E-state index is 13.7. The Bertz CT molecular complexity index is 555. The lowest BCUT2D eigenvalue weighted by atomic mass is 10.2. The Morgan fingerprint density at radius 1 is 1.22 bits per heavy atom. The number of aromatic nitrogens is 4. The van der Waals surface area contributed by atoms with Crippen molar-refractivity contribution in [3.8, 4) is 0 Å². The summed E-state index contributed by atoms with van der Waals surface area (Å²) in [6.07, 6.45) is 1.83. The highest BCUT2D eigenvalue weighted by atomic mass is 19.1. The van der Waals surface area contributed by atoms with Gasteiger partial charge in [0.1, 0.15) is 0 Å². The van der Waals surface area contributed by atoms with Crippen molar-refractivity contribution in [3.05, 3.63) is 34.7 Å². The normalized spacial score (nSPS) is 11.2. The average Bonchev–Trinajstić information content (AvgIpc) is 2.76. The minimum absolute atomic E-state index is 0.275. The van der Waals surface area contributed by atoms with Crippen LogP contribution in [0, 0.1) is 19.8 Å². The second-order valence-electron chi connectivity index (χ2n) is 4.46. The summed E-state index contributed by atoms with van der Waals surface area (Å²) in [5.74, 6) is -0.275. The van der Waals surface area contributed by atoms with E-state index in [2.05, 4.69) is 15.5 Å². The van der Waals surface area contributed by atoms with Crippen molar-refractivity contribution in [2.24, 2.45) is 14.1 Å². The Kier molecular flexibility index (Phi) is 3.47. The van der Waals surface area contributed by atoms with E-state index in [9.17, 15) is 4.39 Å². The van der Waals surface area contributed by atoms with Crippen LogP contribution in [0.2, 0.25) is 0 Å². The average molecular weight is 251 g/mol. The molecule has 0 aliphatic heterocycles. The van der Waals surface area contributed by atoms with E-state index in [1.807, 2.05) is 31.8 Å². The van der Waals surface area contributed by atoms with Crippen molar-refractivity contribution in [1.82, 2.24) is 24.9 Å². The molecule has 0 aromatic carbocycles. The maximum Gasteiger partial charge on any atom is 0.215 e. The van der Waals surface area contributed by atoms with E-state index in [0.717, 1.165) is 17.0 Å². The molecular weight excluding hydrogens is 233 g/mol. The molecule has 0 aliphatic carbocycles. The predicted octanol–water partition coefficient (Wildman–Crippen LogP) is 1.20. The zero-order valence-electron chi connectivity index (χ0n) is 11.2. The first-order chi connectivity index (χ1) is 8.50. The van der Waals surface area contributed by atoms with Crippen LogP contribution in [0.1, 0.15) is 22.5 Å². The van der Waals surface area contributed by atoms with E-state index >= 15 is 0 Å². The van der Waals surface area contributed by atoms with Gasteiger partial charge in [0.15, 0.2) is 0 Å². The summed E-state index contributed by atoms with van der Waals surface area (Å²) in [5.41, 5.74) is 3.59. The van der Waals surface area contributed by atoms with E-state index in [0.29, 0.717) is 18.7 Å². The maximum atomic E-state index is 13.7. The molecule has 0 aliphatic rings. The van der Waals surface area contributed by atoms with E-state index in [-0.39, 0.29) is 5.95 Å². The first-order valence-electron chi connectivity index (χ1n) is 5.87. The number of nitrogens with zero attached hydrogens (tertiary/aromatic N) is 4. The van der Waals surface area contributed by atoms with Gasteiger partial charge in [0.05, 0.1) is 11.9 Å². The van der Waals surface area contributed by atoms with Crippen molar-refractivity contribution in [2.75, 3.05) is 0 Å². The number of hydrogen-bond acceptors (Lipinski definition) is 3. The fraction of sp³-hybridized carbons (Fsp3) is 0.500. The molecule has 18 heavy (non-hydrogen) atoms. The monoisotopic (exact) mass is 251 g/mol. The number of nitrogens with one attached hydrogen (secondary N) is 1. The lowest BCUT2D eigenvalue weighted by Crippen LogP contribution is -2.14. The van der Waals surface area contributed by atoms with Gasteiger partial charge in [0, 0.05) is 44.0 Å². The molecule has 0 amide bonds. The Hall–Kier alpha value is -1.69. The molecule has 2 aromatic rings. The van der Waals surface area contributed by atoms with Crippen LogP contribution in [-0.2, 0) is 27.2 Å². The van der Waals surface area contributed by atoms with Crippen molar-refractivity contribution in [3.63, 3.8) is 0 Å². The predicted molar refractivity (Wildman–Crippen MR) is 66.4 cm³/mol. The fourth-order valence-electron chi connectivity index (χ4n) is 1.91. The highest BCUT2D eigenvalue weighted by Crippen LogP contribution is 2.11. The molecule has 0 atom stereocenters. The van der Waals surface area contributed by atoms with Gasteiger partial charge in [0.2, 0.25) is 5.95 Å². The Labute approximate surface area is 106 Å². The molecule has 6 heteroatoms. The van der Waals surface area contributed by atoms with Crippen LogP contribution < -0.4 is 5.32 Å². The first-order valence-corrected chi connectivity index (χ1v) is 5.87. The van der Waals surface area contributed by atoms with Crippen LogP contribution in [0.15, 0.2) is 6.20 Å². The van der Waals surface area contributed by atoms with Gasteiger partial charge in [-0.3, -0.25) is 4.68 Å². The molecule has 0 spiro atoms. The smallest absolute Gasteiger partial charge is 0.215 e. The van der Waals surface area contributed by atoms with Crippen LogP contribution in [0.4, 0.5) is 4.39 Å². The summed E-state index contributed by atoms with van der Waals surface area (Å²) in [7, 11) is 3.51. The quantitative estimate of drug-likeness (QED) is 0.888. The van der Waals surface area contributed by atoms with Crippen LogP contribution in [-0.4, -0.2) is 19.6 Å². The van der Waals surface area contributed by atoms with E-state index < -0.39 is 0 Å². The van der Waals surface area contributed by atoms with Gasteiger partial charge in [0.25, 0.3) is 0 Å². The molecule has 0 bridgehead atoms. The minimum Gasteiger partial charge on any atom is -0.308 e. The molecule has 0 radical (unpaired) electrons. The lowest BCUT2D eigenvalue weighted by Gasteiger charge is -2.04. The second-order valence-corrected chi connectivity index (χ2v) is 4.46. The van der Waals surface area contributed by atoms with Gasteiger partial charge in [-0.05, 0) is 13.8 Å². The molecule has 0 unspecified atom stereocenters. The molecule has 2 rings (SSSR count). The third kappa shape index (κ3) is 2.28. The van der Waals surface area contributed by atoms with Gasteiger partial charge in [-0.2, -0.15) is 14.6 Å². The zero-order chi connectivity index (χ0) is 13.3. The summed E-state index contributed by atoms with van der Waals surface area (Å²) in [5, 5.41) is 11.4. The summed E-state index contributed by atoms with van der Waals surface area (Å²) in [4.78, 5) is 0. The summed E-state index contributed by atoms with van der Waals surface area (Å²) in [6, 6.07) is 0. The Morgan fingerprint density at radius 2 is 1.94 bits per heavy atom. The summed E-state index contributed by atoms with van der Waals surface area (Å²) in [6.45, 7) is 4.97. The number of halogens is 1.